The number of nitrogen functional groups attached to an aromatic ring is 1. The first-order valence-electron chi connectivity index (χ1n) is 5.20. The first-order chi connectivity index (χ1) is 8.88. The Hall–Kier alpha value is -1.66. The molecule has 1 amide bonds. The van der Waals surface area contributed by atoms with Gasteiger partial charge in [-0.2, -0.15) is 0 Å². The Kier molecular flexibility index (Phi) is 3.73. The van der Waals surface area contributed by atoms with Gasteiger partial charge >= 0.3 is 0 Å². The molecule has 0 radical (unpaired) electrons. The minimum absolute atomic E-state index is 0.202. The van der Waals surface area contributed by atoms with E-state index in [0.29, 0.717) is 16.6 Å². The molecule has 19 heavy (non-hydrogen) atoms. The molecule has 0 aliphatic heterocycles. The molecule has 3 nitrogen and oxygen atoms in total. The van der Waals surface area contributed by atoms with Crippen LogP contribution in [0.4, 0.5) is 20.2 Å². The molecule has 1 heterocycles. The van der Waals surface area contributed by atoms with E-state index in [1.54, 1.807) is 6.92 Å². The van der Waals surface area contributed by atoms with Crippen LogP contribution in [0.5, 0.6) is 0 Å². The van der Waals surface area contributed by atoms with Gasteiger partial charge in [-0.25, -0.2) is 8.78 Å². The highest BCUT2D eigenvalue weighted by molar-refractivity contribution is 7.14. The number of benzene rings is 1. The molecule has 7 heteroatoms. The average molecular weight is 303 g/mol. The number of carbonyl (C=O) groups excluding carboxylic acids is 1. The molecule has 100 valence electrons. The van der Waals surface area contributed by atoms with Crippen LogP contribution in [0.15, 0.2) is 18.2 Å². The smallest absolute Gasteiger partial charge is 0.265 e. The lowest BCUT2D eigenvalue weighted by Crippen LogP contribution is -2.12. The fourth-order valence-corrected chi connectivity index (χ4v) is 2.52. The summed E-state index contributed by atoms with van der Waals surface area (Å²) < 4.78 is 26.4. The predicted octanol–water partition coefficient (Wildman–Crippen LogP) is 3.82. The van der Waals surface area contributed by atoms with Crippen molar-refractivity contribution in [2.45, 2.75) is 6.92 Å². The van der Waals surface area contributed by atoms with Crippen molar-refractivity contribution in [3.63, 3.8) is 0 Å². The van der Waals surface area contributed by atoms with Gasteiger partial charge in [-0.1, -0.05) is 11.6 Å². The van der Waals surface area contributed by atoms with Crippen molar-refractivity contribution >= 4 is 40.2 Å². The van der Waals surface area contributed by atoms with Crippen molar-refractivity contribution in [3.8, 4) is 0 Å². The highest BCUT2D eigenvalue weighted by atomic mass is 35.5. The Morgan fingerprint density at radius 1 is 1.37 bits per heavy atom. The van der Waals surface area contributed by atoms with Crippen molar-refractivity contribution in [1.29, 1.82) is 0 Å². The maximum absolute atomic E-state index is 13.5. The van der Waals surface area contributed by atoms with E-state index < -0.39 is 17.5 Å². The van der Waals surface area contributed by atoms with Crippen molar-refractivity contribution < 1.29 is 13.6 Å². The summed E-state index contributed by atoms with van der Waals surface area (Å²) >= 11 is 6.87. The summed E-state index contributed by atoms with van der Waals surface area (Å²) in [4.78, 5) is 13.0. The molecule has 0 spiro atoms. The van der Waals surface area contributed by atoms with Crippen LogP contribution in [0.25, 0.3) is 0 Å². The Morgan fingerprint density at radius 3 is 2.58 bits per heavy atom. The number of aryl methyl sites for hydroxylation is 1. The van der Waals surface area contributed by atoms with Gasteiger partial charge in [-0.05, 0) is 19.1 Å². The summed E-state index contributed by atoms with van der Waals surface area (Å²) in [6.07, 6.45) is 0. The molecular weight excluding hydrogens is 294 g/mol. The highest BCUT2D eigenvalue weighted by Gasteiger charge is 2.16. The largest absolute Gasteiger partial charge is 0.398 e. The van der Waals surface area contributed by atoms with Gasteiger partial charge in [0.1, 0.15) is 5.82 Å². The van der Waals surface area contributed by atoms with Crippen molar-refractivity contribution in [1.82, 2.24) is 0 Å². The minimum Gasteiger partial charge on any atom is -0.398 e. The van der Waals surface area contributed by atoms with Gasteiger partial charge in [0.25, 0.3) is 5.91 Å². The molecule has 0 unspecified atom stereocenters. The standard InChI is InChI=1S/C12H9ClF2N2OS/c1-5-9(16)4-10(19-5)12(18)17-11-7(13)2-6(14)3-8(11)15/h2-4H,16H2,1H3,(H,17,18). The van der Waals surface area contributed by atoms with Gasteiger partial charge in [0.15, 0.2) is 5.82 Å². The second-order valence-corrected chi connectivity index (χ2v) is 5.48. The molecule has 0 fully saturated rings. The number of hydrogen-bond acceptors (Lipinski definition) is 3. The molecule has 0 atom stereocenters. The molecule has 0 bridgehead atoms. The van der Waals surface area contributed by atoms with Crippen LogP contribution in [-0.4, -0.2) is 5.91 Å². The number of rotatable bonds is 2. The normalized spacial score (nSPS) is 10.5. The predicted molar refractivity (Wildman–Crippen MR) is 72.8 cm³/mol. The SMILES string of the molecule is Cc1sc(C(=O)Nc2c(F)cc(F)cc2Cl)cc1N. The van der Waals surface area contributed by atoms with E-state index in [9.17, 15) is 13.6 Å². The fourth-order valence-electron chi connectivity index (χ4n) is 1.44. The lowest BCUT2D eigenvalue weighted by Gasteiger charge is -2.07. The van der Waals surface area contributed by atoms with Gasteiger partial charge in [-0.15, -0.1) is 11.3 Å². The first kappa shape index (κ1) is 13.8. The number of anilines is 2. The number of nitrogens with one attached hydrogen (secondary N) is 1. The Bertz CT molecular complexity index is 615. The van der Waals surface area contributed by atoms with Crippen LogP contribution in [0.3, 0.4) is 0 Å². The number of thiophene rings is 1. The Labute approximate surface area is 117 Å². The minimum atomic E-state index is -0.931. The second kappa shape index (κ2) is 5.14. The number of nitrogens with two attached hydrogens (primary N) is 1. The van der Waals surface area contributed by atoms with Crippen LogP contribution in [-0.2, 0) is 0 Å². The van der Waals surface area contributed by atoms with Gasteiger partial charge in [0.2, 0.25) is 0 Å². The summed E-state index contributed by atoms with van der Waals surface area (Å²) in [7, 11) is 0. The van der Waals surface area contributed by atoms with Crippen LogP contribution in [0.1, 0.15) is 14.5 Å². The number of hydrogen-bond donors (Lipinski definition) is 2. The molecule has 0 aliphatic carbocycles. The first-order valence-corrected chi connectivity index (χ1v) is 6.39. The van der Waals surface area contributed by atoms with Crippen LogP contribution in [0, 0.1) is 18.6 Å². The Morgan fingerprint density at radius 2 is 2.05 bits per heavy atom. The monoisotopic (exact) mass is 302 g/mol. The third kappa shape index (κ3) is 2.85. The van der Waals surface area contributed by atoms with E-state index in [-0.39, 0.29) is 10.7 Å². The maximum Gasteiger partial charge on any atom is 0.265 e. The van der Waals surface area contributed by atoms with Gasteiger partial charge in [0.05, 0.1) is 15.6 Å². The quantitative estimate of drug-likeness (QED) is 0.886. The van der Waals surface area contributed by atoms with E-state index in [4.69, 9.17) is 17.3 Å². The van der Waals surface area contributed by atoms with E-state index in [0.717, 1.165) is 10.9 Å². The molecule has 0 saturated carbocycles. The third-order valence-electron chi connectivity index (χ3n) is 2.43. The zero-order chi connectivity index (χ0) is 14.2. The van der Waals surface area contributed by atoms with Gasteiger partial charge < -0.3 is 11.1 Å². The fraction of sp³-hybridized carbons (Fsp3) is 0.0833. The maximum atomic E-state index is 13.5. The molecular formula is C12H9ClF2N2OS. The van der Waals surface area contributed by atoms with E-state index in [2.05, 4.69) is 5.32 Å². The molecule has 3 N–H and O–H groups in total. The summed E-state index contributed by atoms with van der Waals surface area (Å²) in [5.74, 6) is -2.28. The summed E-state index contributed by atoms with van der Waals surface area (Å²) in [5.41, 5.74) is 5.87. The Balaban J connectivity index is 2.29. The zero-order valence-corrected chi connectivity index (χ0v) is 11.3. The molecule has 2 aromatic rings. The van der Waals surface area contributed by atoms with E-state index >= 15 is 0 Å². The molecule has 1 aromatic heterocycles. The van der Waals surface area contributed by atoms with Crippen molar-refractivity contribution in [2.75, 3.05) is 11.1 Å². The average Bonchev–Trinajstić information content (AvgIpc) is 2.64. The lowest BCUT2D eigenvalue weighted by atomic mass is 10.3. The highest BCUT2D eigenvalue weighted by Crippen LogP contribution is 2.29. The molecule has 0 aliphatic rings. The van der Waals surface area contributed by atoms with Crippen LogP contribution < -0.4 is 11.1 Å². The third-order valence-corrected chi connectivity index (χ3v) is 3.79. The number of halogens is 3. The van der Waals surface area contributed by atoms with E-state index in [1.165, 1.54) is 17.4 Å². The topological polar surface area (TPSA) is 55.1 Å². The van der Waals surface area contributed by atoms with Crippen molar-refractivity contribution in [3.05, 3.63) is 44.6 Å². The lowest BCUT2D eigenvalue weighted by molar-refractivity contribution is 0.103. The van der Waals surface area contributed by atoms with Crippen molar-refractivity contribution in [2.24, 2.45) is 0 Å². The molecule has 0 saturated heterocycles. The number of carbonyl (C=O) groups is 1. The number of amides is 1. The van der Waals surface area contributed by atoms with Gasteiger partial charge in [0, 0.05) is 16.6 Å². The zero-order valence-electron chi connectivity index (χ0n) is 9.76. The summed E-state index contributed by atoms with van der Waals surface area (Å²) in [6, 6.07) is 3.06. The van der Waals surface area contributed by atoms with Crippen LogP contribution in [0.2, 0.25) is 5.02 Å². The second-order valence-electron chi connectivity index (χ2n) is 3.82. The molecule has 2 rings (SSSR count). The summed E-state index contributed by atoms with van der Waals surface area (Å²) in [6.45, 7) is 1.77. The van der Waals surface area contributed by atoms with Gasteiger partial charge in [-0.3, -0.25) is 4.79 Å². The van der Waals surface area contributed by atoms with E-state index in [1.807, 2.05) is 0 Å². The summed E-state index contributed by atoms with van der Waals surface area (Å²) in [5, 5.41) is 2.10. The van der Waals surface area contributed by atoms with Crippen LogP contribution >= 0.6 is 22.9 Å². The molecule has 1 aromatic carbocycles.